The molecule has 14 heavy (non-hydrogen) atoms. The molecule has 0 fully saturated rings. The molecule has 0 unspecified atom stereocenters. The zero-order valence-corrected chi connectivity index (χ0v) is 9.76. The van der Waals surface area contributed by atoms with Gasteiger partial charge in [0.15, 0.2) is 5.78 Å². The number of anilines is 1. The molecule has 0 radical (unpaired) electrons. The summed E-state index contributed by atoms with van der Waals surface area (Å²) in [6.45, 7) is 2.67. The van der Waals surface area contributed by atoms with Gasteiger partial charge in [-0.3, -0.25) is 4.79 Å². The third-order valence-corrected chi connectivity index (χ3v) is 3.00. The summed E-state index contributed by atoms with van der Waals surface area (Å²) in [6.07, 6.45) is 0.562. The fourth-order valence-electron chi connectivity index (χ4n) is 1.68. The van der Waals surface area contributed by atoms with Gasteiger partial charge in [0.2, 0.25) is 0 Å². The standard InChI is InChI=1S/C10H11BrN2O/c1-6-5-7(11)10-9(12-6)8(14)3-4-13(10)2/h5H,3-4H2,1-2H3. The van der Waals surface area contributed by atoms with Crippen LogP contribution in [-0.2, 0) is 0 Å². The Bertz CT molecular complexity index is 403. The van der Waals surface area contributed by atoms with E-state index in [1.165, 1.54) is 0 Å². The summed E-state index contributed by atoms with van der Waals surface area (Å²) in [5.41, 5.74) is 2.40. The first kappa shape index (κ1) is 9.65. The van der Waals surface area contributed by atoms with E-state index in [0.717, 1.165) is 22.4 Å². The van der Waals surface area contributed by atoms with Crippen molar-refractivity contribution in [1.82, 2.24) is 4.98 Å². The predicted octanol–water partition coefficient (Wildman–Crippen LogP) is 2.18. The van der Waals surface area contributed by atoms with Gasteiger partial charge in [-0.15, -0.1) is 0 Å². The van der Waals surface area contributed by atoms with Crippen molar-refractivity contribution >= 4 is 27.4 Å². The highest BCUT2D eigenvalue weighted by Gasteiger charge is 2.24. The van der Waals surface area contributed by atoms with Crippen LogP contribution < -0.4 is 4.90 Å². The second-order valence-corrected chi connectivity index (χ2v) is 4.39. The van der Waals surface area contributed by atoms with Gasteiger partial charge in [-0.1, -0.05) is 0 Å². The number of Topliss-reactive ketones (excluding diaryl/α,β-unsaturated/α-hetero) is 1. The minimum Gasteiger partial charge on any atom is -0.371 e. The molecule has 0 atom stereocenters. The molecule has 1 aliphatic rings. The Labute approximate surface area is 91.3 Å². The first-order valence-corrected chi connectivity index (χ1v) is 5.30. The summed E-state index contributed by atoms with van der Waals surface area (Å²) >= 11 is 3.47. The summed E-state index contributed by atoms with van der Waals surface area (Å²) in [5, 5.41) is 0. The molecule has 0 spiro atoms. The van der Waals surface area contributed by atoms with Crippen molar-refractivity contribution in [2.75, 3.05) is 18.5 Å². The maximum absolute atomic E-state index is 11.6. The third kappa shape index (κ3) is 1.43. The van der Waals surface area contributed by atoms with Gasteiger partial charge in [0.1, 0.15) is 5.69 Å². The van der Waals surface area contributed by atoms with E-state index in [1.807, 2.05) is 20.0 Å². The summed E-state index contributed by atoms with van der Waals surface area (Å²) in [6, 6.07) is 1.94. The molecule has 0 saturated carbocycles. The Morgan fingerprint density at radius 2 is 2.29 bits per heavy atom. The van der Waals surface area contributed by atoms with E-state index in [9.17, 15) is 4.79 Å². The first-order chi connectivity index (χ1) is 6.59. The van der Waals surface area contributed by atoms with Crippen molar-refractivity contribution in [2.45, 2.75) is 13.3 Å². The number of aromatic nitrogens is 1. The number of aryl methyl sites for hydroxylation is 1. The number of rotatable bonds is 0. The van der Waals surface area contributed by atoms with E-state index in [2.05, 4.69) is 25.8 Å². The van der Waals surface area contributed by atoms with Crippen LogP contribution in [0.2, 0.25) is 0 Å². The summed E-state index contributed by atoms with van der Waals surface area (Å²) in [7, 11) is 1.98. The van der Waals surface area contributed by atoms with Crippen molar-refractivity contribution in [1.29, 1.82) is 0 Å². The molecule has 0 bridgehead atoms. The van der Waals surface area contributed by atoms with Gasteiger partial charge in [0, 0.05) is 30.2 Å². The molecule has 1 aromatic heterocycles. The van der Waals surface area contributed by atoms with Crippen LogP contribution in [0.4, 0.5) is 5.69 Å². The molecule has 0 amide bonds. The van der Waals surface area contributed by atoms with Gasteiger partial charge < -0.3 is 4.90 Å². The van der Waals surface area contributed by atoms with Crippen LogP contribution in [0.5, 0.6) is 0 Å². The zero-order valence-electron chi connectivity index (χ0n) is 8.17. The quantitative estimate of drug-likeness (QED) is 0.712. The van der Waals surface area contributed by atoms with Gasteiger partial charge >= 0.3 is 0 Å². The van der Waals surface area contributed by atoms with Gasteiger partial charge in [-0.05, 0) is 28.9 Å². The molecule has 0 saturated heterocycles. The Hall–Kier alpha value is -0.900. The number of pyridine rings is 1. The normalized spacial score (nSPS) is 15.6. The highest BCUT2D eigenvalue weighted by molar-refractivity contribution is 9.10. The minimum atomic E-state index is 0.141. The molecule has 0 aliphatic carbocycles. The molecular weight excluding hydrogens is 244 g/mol. The van der Waals surface area contributed by atoms with Crippen LogP contribution in [0.15, 0.2) is 10.5 Å². The van der Waals surface area contributed by atoms with E-state index in [1.54, 1.807) is 0 Å². The fourth-order valence-corrected chi connectivity index (χ4v) is 2.51. The molecule has 3 nitrogen and oxygen atoms in total. The van der Waals surface area contributed by atoms with E-state index < -0.39 is 0 Å². The van der Waals surface area contributed by atoms with Crippen molar-refractivity contribution in [2.24, 2.45) is 0 Å². The lowest BCUT2D eigenvalue weighted by atomic mass is 10.1. The highest BCUT2D eigenvalue weighted by Crippen LogP contribution is 2.32. The van der Waals surface area contributed by atoms with Crippen LogP contribution in [0.25, 0.3) is 0 Å². The zero-order chi connectivity index (χ0) is 10.3. The van der Waals surface area contributed by atoms with E-state index in [-0.39, 0.29) is 5.78 Å². The Morgan fingerprint density at radius 3 is 3.00 bits per heavy atom. The highest BCUT2D eigenvalue weighted by atomic mass is 79.9. The smallest absolute Gasteiger partial charge is 0.185 e. The molecule has 2 rings (SSSR count). The number of halogens is 1. The summed E-state index contributed by atoms with van der Waals surface area (Å²) in [5.74, 6) is 0.141. The number of carbonyl (C=O) groups excluding carboxylic acids is 1. The SMILES string of the molecule is Cc1cc(Br)c2c(n1)C(=O)CCN2C. The van der Waals surface area contributed by atoms with Gasteiger partial charge in [-0.25, -0.2) is 4.98 Å². The van der Waals surface area contributed by atoms with Crippen molar-refractivity contribution in [3.05, 3.63) is 21.9 Å². The molecule has 1 aromatic rings. The molecule has 1 aliphatic heterocycles. The van der Waals surface area contributed by atoms with E-state index in [4.69, 9.17) is 0 Å². The van der Waals surface area contributed by atoms with Gasteiger partial charge in [0.05, 0.1) is 5.69 Å². The lowest BCUT2D eigenvalue weighted by Crippen LogP contribution is -2.29. The lowest BCUT2D eigenvalue weighted by Gasteiger charge is -2.27. The maximum atomic E-state index is 11.6. The summed E-state index contributed by atoms with van der Waals surface area (Å²) in [4.78, 5) is 18.0. The van der Waals surface area contributed by atoms with Crippen LogP contribution in [-0.4, -0.2) is 24.4 Å². The molecular formula is C10H11BrN2O. The van der Waals surface area contributed by atoms with E-state index in [0.29, 0.717) is 12.1 Å². The number of ketones is 1. The number of fused-ring (bicyclic) bond motifs is 1. The minimum absolute atomic E-state index is 0.141. The van der Waals surface area contributed by atoms with Crippen LogP contribution in [0, 0.1) is 6.92 Å². The number of nitrogens with zero attached hydrogens (tertiary/aromatic N) is 2. The molecule has 0 N–H and O–H groups in total. The lowest BCUT2D eigenvalue weighted by molar-refractivity contribution is 0.0975. The average molecular weight is 255 g/mol. The third-order valence-electron chi connectivity index (χ3n) is 2.39. The van der Waals surface area contributed by atoms with Crippen LogP contribution in [0.1, 0.15) is 22.6 Å². The Balaban J connectivity index is 2.66. The Kier molecular flexibility index (Phi) is 2.31. The van der Waals surface area contributed by atoms with Gasteiger partial charge in [0.25, 0.3) is 0 Å². The monoisotopic (exact) mass is 254 g/mol. The largest absolute Gasteiger partial charge is 0.371 e. The van der Waals surface area contributed by atoms with Gasteiger partial charge in [-0.2, -0.15) is 0 Å². The van der Waals surface area contributed by atoms with Crippen LogP contribution >= 0.6 is 15.9 Å². The second kappa shape index (κ2) is 3.35. The summed E-state index contributed by atoms with van der Waals surface area (Å²) < 4.78 is 0.954. The number of hydrogen-bond donors (Lipinski definition) is 0. The molecule has 4 heteroatoms. The van der Waals surface area contributed by atoms with Crippen molar-refractivity contribution < 1.29 is 4.79 Å². The van der Waals surface area contributed by atoms with Crippen molar-refractivity contribution in [3.8, 4) is 0 Å². The molecule has 0 aromatic carbocycles. The topological polar surface area (TPSA) is 33.2 Å². The predicted molar refractivity (Wildman–Crippen MR) is 58.9 cm³/mol. The number of hydrogen-bond acceptors (Lipinski definition) is 3. The molecule has 74 valence electrons. The average Bonchev–Trinajstić information content (AvgIpc) is 2.10. The van der Waals surface area contributed by atoms with Crippen molar-refractivity contribution in [3.63, 3.8) is 0 Å². The number of carbonyl (C=O) groups is 1. The van der Waals surface area contributed by atoms with E-state index >= 15 is 0 Å². The second-order valence-electron chi connectivity index (χ2n) is 3.54. The Morgan fingerprint density at radius 1 is 1.57 bits per heavy atom. The van der Waals surface area contributed by atoms with Crippen LogP contribution in [0.3, 0.4) is 0 Å². The fraction of sp³-hybridized carbons (Fsp3) is 0.400. The first-order valence-electron chi connectivity index (χ1n) is 4.51. The maximum Gasteiger partial charge on any atom is 0.185 e. The molecule has 2 heterocycles.